The lowest BCUT2D eigenvalue weighted by Gasteiger charge is -2.23. The van der Waals surface area contributed by atoms with E-state index in [-0.39, 0.29) is 5.82 Å². The van der Waals surface area contributed by atoms with E-state index in [0.717, 1.165) is 29.3 Å². The summed E-state index contributed by atoms with van der Waals surface area (Å²) in [5, 5.41) is 3.64. The standard InChI is InChI=1S/C17H19ClFNS/c1-11-9-13(19)6-5-12(11)7-8-20-15-3-2-4-16-14(15)10-17(18)21-16/h5-6,9-10,15,20H,2-4,7-8H2,1H3. The third-order valence-corrected chi connectivity index (χ3v) is 5.51. The number of nitrogens with one attached hydrogen (secondary N) is 1. The third-order valence-electron chi connectivity index (χ3n) is 4.17. The summed E-state index contributed by atoms with van der Waals surface area (Å²) in [7, 11) is 0. The first-order valence-corrected chi connectivity index (χ1v) is 8.59. The molecule has 1 aromatic carbocycles. The Balaban J connectivity index is 1.61. The van der Waals surface area contributed by atoms with Crippen LogP contribution in [0.5, 0.6) is 0 Å². The maximum Gasteiger partial charge on any atom is 0.123 e. The van der Waals surface area contributed by atoms with Gasteiger partial charge >= 0.3 is 0 Å². The second-order valence-corrected chi connectivity index (χ2v) is 7.42. The summed E-state index contributed by atoms with van der Waals surface area (Å²) in [6.07, 6.45) is 4.47. The Morgan fingerprint density at radius 2 is 2.24 bits per heavy atom. The normalized spacial score (nSPS) is 17.8. The highest BCUT2D eigenvalue weighted by Gasteiger charge is 2.22. The van der Waals surface area contributed by atoms with E-state index >= 15 is 0 Å². The van der Waals surface area contributed by atoms with Crippen LogP contribution in [-0.2, 0) is 12.8 Å². The smallest absolute Gasteiger partial charge is 0.123 e. The molecule has 0 spiro atoms. The average Bonchev–Trinajstić information content (AvgIpc) is 2.82. The first kappa shape index (κ1) is 15.0. The minimum Gasteiger partial charge on any atom is -0.310 e. The summed E-state index contributed by atoms with van der Waals surface area (Å²) < 4.78 is 14.0. The largest absolute Gasteiger partial charge is 0.310 e. The molecule has 1 N–H and O–H groups in total. The number of aryl methyl sites for hydroxylation is 2. The Kier molecular flexibility index (Phi) is 4.63. The molecule has 0 bridgehead atoms. The van der Waals surface area contributed by atoms with Crippen LogP contribution in [0.25, 0.3) is 0 Å². The van der Waals surface area contributed by atoms with Gasteiger partial charge in [-0.3, -0.25) is 0 Å². The lowest BCUT2D eigenvalue weighted by atomic mass is 9.94. The minimum absolute atomic E-state index is 0.158. The van der Waals surface area contributed by atoms with Gasteiger partial charge < -0.3 is 5.32 Å². The van der Waals surface area contributed by atoms with Crippen molar-refractivity contribution in [2.45, 2.75) is 38.6 Å². The molecule has 4 heteroatoms. The molecule has 2 aromatic rings. The monoisotopic (exact) mass is 323 g/mol. The summed E-state index contributed by atoms with van der Waals surface area (Å²) >= 11 is 7.85. The van der Waals surface area contributed by atoms with E-state index < -0.39 is 0 Å². The summed E-state index contributed by atoms with van der Waals surface area (Å²) in [5.41, 5.74) is 3.62. The molecular formula is C17H19ClFNS. The summed E-state index contributed by atoms with van der Waals surface area (Å²) in [4.78, 5) is 1.43. The maximum atomic E-state index is 13.1. The van der Waals surface area contributed by atoms with Crippen molar-refractivity contribution in [3.63, 3.8) is 0 Å². The number of fused-ring (bicyclic) bond motifs is 1. The molecule has 0 saturated heterocycles. The van der Waals surface area contributed by atoms with Crippen LogP contribution in [0.2, 0.25) is 4.34 Å². The van der Waals surface area contributed by atoms with Crippen LogP contribution >= 0.6 is 22.9 Å². The lowest BCUT2D eigenvalue weighted by molar-refractivity contribution is 0.466. The van der Waals surface area contributed by atoms with E-state index in [1.807, 2.05) is 13.0 Å². The Morgan fingerprint density at radius 3 is 3.05 bits per heavy atom. The number of rotatable bonds is 4. The zero-order valence-corrected chi connectivity index (χ0v) is 13.7. The second-order valence-electron chi connectivity index (χ2n) is 5.65. The van der Waals surface area contributed by atoms with Crippen molar-refractivity contribution in [1.29, 1.82) is 0 Å². The van der Waals surface area contributed by atoms with Crippen LogP contribution in [-0.4, -0.2) is 6.54 Å². The fraction of sp³-hybridized carbons (Fsp3) is 0.412. The van der Waals surface area contributed by atoms with Gasteiger partial charge in [-0.25, -0.2) is 4.39 Å². The molecule has 21 heavy (non-hydrogen) atoms. The van der Waals surface area contributed by atoms with Gasteiger partial charge in [-0.15, -0.1) is 11.3 Å². The summed E-state index contributed by atoms with van der Waals surface area (Å²) in [5.74, 6) is -0.158. The van der Waals surface area contributed by atoms with E-state index in [4.69, 9.17) is 11.6 Å². The average molecular weight is 324 g/mol. The van der Waals surface area contributed by atoms with Crippen molar-refractivity contribution < 1.29 is 4.39 Å². The zero-order valence-electron chi connectivity index (χ0n) is 12.1. The van der Waals surface area contributed by atoms with E-state index in [9.17, 15) is 4.39 Å². The molecule has 1 atom stereocenters. The van der Waals surface area contributed by atoms with Crippen LogP contribution in [0.3, 0.4) is 0 Å². The van der Waals surface area contributed by atoms with Gasteiger partial charge in [-0.05, 0) is 74.0 Å². The molecule has 1 aliphatic rings. The maximum absolute atomic E-state index is 13.1. The molecule has 0 fully saturated rings. The van der Waals surface area contributed by atoms with Gasteiger partial charge in [0.05, 0.1) is 4.34 Å². The number of hydrogen-bond donors (Lipinski definition) is 1. The first-order valence-electron chi connectivity index (χ1n) is 7.40. The van der Waals surface area contributed by atoms with Crippen LogP contribution in [0.1, 0.15) is 40.5 Å². The van der Waals surface area contributed by atoms with Crippen LogP contribution < -0.4 is 5.32 Å². The Morgan fingerprint density at radius 1 is 1.38 bits per heavy atom. The molecular weight excluding hydrogens is 305 g/mol. The van der Waals surface area contributed by atoms with Gasteiger partial charge in [-0.1, -0.05) is 17.7 Å². The fourth-order valence-corrected chi connectivity index (χ4v) is 4.44. The summed E-state index contributed by atoms with van der Waals surface area (Å²) in [6.45, 7) is 2.87. The highest BCUT2D eigenvalue weighted by atomic mass is 35.5. The van der Waals surface area contributed by atoms with Crippen molar-refractivity contribution in [1.82, 2.24) is 5.32 Å². The van der Waals surface area contributed by atoms with Crippen molar-refractivity contribution in [2.75, 3.05) is 6.54 Å². The minimum atomic E-state index is -0.158. The Labute approximate surface area is 134 Å². The Hall–Kier alpha value is -0.900. The molecule has 112 valence electrons. The first-order chi connectivity index (χ1) is 10.1. The van der Waals surface area contributed by atoms with Gasteiger partial charge in [0.1, 0.15) is 5.82 Å². The molecule has 0 saturated carbocycles. The van der Waals surface area contributed by atoms with Gasteiger partial charge in [0.15, 0.2) is 0 Å². The quantitative estimate of drug-likeness (QED) is 0.829. The van der Waals surface area contributed by atoms with Gasteiger partial charge in [0.2, 0.25) is 0 Å². The highest BCUT2D eigenvalue weighted by Crippen LogP contribution is 2.37. The zero-order chi connectivity index (χ0) is 14.8. The molecule has 1 unspecified atom stereocenters. The molecule has 3 rings (SSSR count). The third kappa shape index (κ3) is 3.47. The van der Waals surface area contributed by atoms with Crippen molar-refractivity contribution in [3.8, 4) is 0 Å². The predicted molar refractivity (Wildman–Crippen MR) is 87.9 cm³/mol. The molecule has 0 radical (unpaired) electrons. The SMILES string of the molecule is Cc1cc(F)ccc1CCNC1CCCc2sc(Cl)cc21. The van der Waals surface area contributed by atoms with Crippen LogP contribution in [0, 0.1) is 12.7 Å². The van der Waals surface area contributed by atoms with E-state index in [1.165, 1.54) is 28.8 Å². The lowest BCUT2D eigenvalue weighted by Crippen LogP contribution is -2.26. The summed E-state index contributed by atoms with van der Waals surface area (Å²) in [6, 6.07) is 7.56. The Bertz CT molecular complexity index is 638. The molecule has 0 aliphatic heterocycles. The number of halogens is 2. The fourth-order valence-electron chi connectivity index (χ4n) is 3.05. The van der Waals surface area contributed by atoms with E-state index in [0.29, 0.717) is 6.04 Å². The highest BCUT2D eigenvalue weighted by molar-refractivity contribution is 7.16. The molecule has 1 heterocycles. The van der Waals surface area contributed by atoms with E-state index in [2.05, 4.69) is 11.4 Å². The van der Waals surface area contributed by atoms with Gasteiger partial charge in [0.25, 0.3) is 0 Å². The van der Waals surface area contributed by atoms with Crippen molar-refractivity contribution >= 4 is 22.9 Å². The molecule has 1 nitrogen and oxygen atoms in total. The number of hydrogen-bond acceptors (Lipinski definition) is 2. The van der Waals surface area contributed by atoms with E-state index in [1.54, 1.807) is 23.5 Å². The van der Waals surface area contributed by atoms with Crippen molar-refractivity contribution in [2.24, 2.45) is 0 Å². The second kappa shape index (κ2) is 6.47. The predicted octanol–water partition coefficient (Wildman–Crippen LogP) is 5.06. The van der Waals surface area contributed by atoms with Crippen molar-refractivity contribution in [3.05, 3.63) is 56.0 Å². The molecule has 0 amide bonds. The topological polar surface area (TPSA) is 12.0 Å². The molecule has 1 aromatic heterocycles. The van der Waals surface area contributed by atoms with Crippen LogP contribution in [0.4, 0.5) is 4.39 Å². The number of benzene rings is 1. The van der Waals surface area contributed by atoms with Gasteiger partial charge in [0, 0.05) is 10.9 Å². The van der Waals surface area contributed by atoms with Gasteiger partial charge in [-0.2, -0.15) is 0 Å². The molecule has 1 aliphatic carbocycles. The van der Waals surface area contributed by atoms with Crippen LogP contribution in [0.15, 0.2) is 24.3 Å². The number of thiophene rings is 1.